The van der Waals surface area contributed by atoms with Crippen LogP contribution in [0.25, 0.3) is 0 Å². The fourth-order valence-electron chi connectivity index (χ4n) is 2.92. The highest BCUT2D eigenvalue weighted by Gasteiger charge is 2.36. The quantitative estimate of drug-likeness (QED) is 0.601. The van der Waals surface area contributed by atoms with Crippen molar-refractivity contribution in [1.82, 2.24) is 5.32 Å². The number of anilines is 1. The number of nitrogens with one attached hydrogen (secondary N) is 1. The summed E-state index contributed by atoms with van der Waals surface area (Å²) in [5.41, 5.74) is 1.90. The van der Waals surface area contributed by atoms with Gasteiger partial charge in [0.2, 0.25) is 0 Å². The van der Waals surface area contributed by atoms with Gasteiger partial charge in [-0.25, -0.2) is 4.79 Å². The molecule has 2 heterocycles. The molecule has 1 aliphatic rings. The van der Waals surface area contributed by atoms with E-state index in [-0.39, 0.29) is 0 Å². The van der Waals surface area contributed by atoms with E-state index in [9.17, 15) is 4.79 Å². The van der Waals surface area contributed by atoms with E-state index < -0.39 is 12.0 Å². The van der Waals surface area contributed by atoms with Gasteiger partial charge < -0.3 is 14.8 Å². The number of methoxy groups -OCH3 is 2. The van der Waals surface area contributed by atoms with Crippen LogP contribution in [0.3, 0.4) is 0 Å². The molecule has 136 valence electrons. The summed E-state index contributed by atoms with van der Waals surface area (Å²) in [6, 6.07) is 10.7. The number of benzene rings is 1. The number of esters is 1. The average molecular weight is 409 g/mol. The minimum Gasteiger partial charge on any atom is -0.495 e. The number of rotatable bonds is 4. The first kappa shape index (κ1) is 18.7. The van der Waals surface area contributed by atoms with Crippen LogP contribution < -0.4 is 15.0 Å². The average Bonchev–Trinajstić information content (AvgIpc) is 3.07. The molecule has 2 aromatic rings. The molecule has 0 bridgehead atoms. The first-order valence-electron chi connectivity index (χ1n) is 7.76. The van der Waals surface area contributed by atoms with E-state index >= 15 is 0 Å². The minimum atomic E-state index is -0.424. The Hall–Kier alpha value is -2.09. The third kappa shape index (κ3) is 3.30. The number of carbonyl (C=O) groups is 1. The molecule has 1 aliphatic heterocycles. The van der Waals surface area contributed by atoms with Crippen molar-refractivity contribution < 1.29 is 14.3 Å². The Balaban J connectivity index is 2.16. The molecule has 0 spiro atoms. The molecule has 0 unspecified atom stereocenters. The highest BCUT2D eigenvalue weighted by Crippen LogP contribution is 2.39. The molecule has 1 atom stereocenters. The summed E-state index contributed by atoms with van der Waals surface area (Å²) in [6.45, 7) is 1.84. The predicted molar refractivity (Wildman–Crippen MR) is 108 cm³/mol. The van der Waals surface area contributed by atoms with E-state index in [0.29, 0.717) is 26.5 Å². The summed E-state index contributed by atoms with van der Waals surface area (Å²) in [4.78, 5) is 15.2. The van der Waals surface area contributed by atoms with Gasteiger partial charge in [0.15, 0.2) is 5.11 Å². The summed E-state index contributed by atoms with van der Waals surface area (Å²) < 4.78 is 11.1. The number of allylic oxidation sites excluding steroid dienone is 1. The Morgan fingerprint density at radius 1 is 1.27 bits per heavy atom. The smallest absolute Gasteiger partial charge is 0.338 e. The van der Waals surface area contributed by atoms with Crippen LogP contribution in [-0.2, 0) is 9.53 Å². The lowest BCUT2D eigenvalue weighted by Gasteiger charge is -2.37. The van der Waals surface area contributed by atoms with Crippen LogP contribution in [0, 0.1) is 0 Å². The molecule has 5 nitrogen and oxygen atoms in total. The molecule has 0 radical (unpaired) electrons. The number of thiocarbonyl (C=S) groups is 1. The van der Waals surface area contributed by atoms with Gasteiger partial charge in [0, 0.05) is 10.6 Å². The van der Waals surface area contributed by atoms with Crippen LogP contribution in [-0.4, -0.2) is 25.3 Å². The van der Waals surface area contributed by atoms with Gasteiger partial charge in [0.05, 0.1) is 35.9 Å². The van der Waals surface area contributed by atoms with Gasteiger partial charge >= 0.3 is 5.97 Å². The predicted octanol–water partition coefficient (Wildman–Crippen LogP) is 4.29. The van der Waals surface area contributed by atoms with E-state index in [1.807, 2.05) is 37.3 Å². The van der Waals surface area contributed by atoms with Gasteiger partial charge in [-0.3, -0.25) is 4.90 Å². The van der Waals surface area contributed by atoms with Crippen molar-refractivity contribution in [3.05, 3.63) is 56.9 Å². The topological polar surface area (TPSA) is 50.8 Å². The summed E-state index contributed by atoms with van der Waals surface area (Å²) in [6.07, 6.45) is 0. The number of carbonyl (C=O) groups excluding carboxylic acids is 1. The molecule has 0 saturated carbocycles. The standard InChI is InChI=1S/C18H17ClN2O3S2/c1-10-15(17(22)24-3)16(13-8-9-14(19)26-13)20-18(25)21(10)11-6-4-5-7-12(11)23-2/h4-9,16H,1-3H3,(H,20,25)/t16-/m0/s1. The Morgan fingerprint density at radius 3 is 2.62 bits per heavy atom. The molecular formula is C18H17ClN2O3S2. The van der Waals surface area contributed by atoms with E-state index in [1.165, 1.54) is 18.4 Å². The van der Waals surface area contributed by atoms with Gasteiger partial charge in [-0.15, -0.1) is 11.3 Å². The van der Waals surface area contributed by atoms with Crippen molar-refractivity contribution in [1.29, 1.82) is 0 Å². The zero-order valence-corrected chi connectivity index (χ0v) is 16.8. The van der Waals surface area contributed by atoms with Crippen molar-refractivity contribution in [3.8, 4) is 5.75 Å². The number of hydrogen-bond acceptors (Lipinski definition) is 5. The lowest BCUT2D eigenvalue weighted by molar-refractivity contribution is -0.136. The number of ether oxygens (including phenoxy) is 2. The molecule has 8 heteroatoms. The summed E-state index contributed by atoms with van der Waals surface area (Å²) in [5.74, 6) is 0.227. The SMILES string of the molecule is COC(=O)C1=C(C)N(c2ccccc2OC)C(=S)N[C@H]1c1ccc(Cl)s1. The number of nitrogens with zero attached hydrogens (tertiary/aromatic N) is 1. The van der Waals surface area contributed by atoms with Crippen molar-refractivity contribution in [2.45, 2.75) is 13.0 Å². The third-order valence-corrected chi connectivity index (χ3v) is 5.69. The van der Waals surface area contributed by atoms with Gasteiger partial charge in [-0.1, -0.05) is 23.7 Å². The maximum atomic E-state index is 12.6. The first-order valence-corrected chi connectivity index (χ1v) is 9.36. The van der Waals surface area contributed by atoms with Crippen LogP contribution in [0.4, 0.5) is 5.69 Å². The fraction of sp³-hybridized carbons (Fsp3) is 0.222. The maximum absolute atomic E-state index is 12.6. The number of para-hydroxylation sites is 2. The van der Waals surface area contributed by atoms with Crippen molar-refractivity contribution >= 4 is 51.9 Å². The molecule has 0 fully saturated rings. The molecule has 1 aromatic heterocycles. The Morgan fingerprint density at radius 2 is 2.00 bits per heavy atom. The molecule has 0 saturated heterocycles. The first-order chi connectivity index (χ1) is 12.5. The van der Waals surface area contributed by atoms with E-state index in [0.717, 1.165) is 10.6 Å². The van der Waals surface area contributed by atoms with Crippen molar-refractivity contribution in [3.63, 3.8) is 0 Å². The van der Waals surface area contributed by atoms with Gasteiger partial charge in [0.1, 0.15) is 5.75 Å². The van der Waals surface area contributed by atoms with Crippen molar-refractivity contribution in [2.24, 2.45) is 0 Å². The fourth-order valence-corrected chi connectivity index (χ4v) is 4.39. The number of thiophene rings is 1. The molecule has 1 N–H and O–H groups in total. The van der Waals surface area contributed by atoms with Crippen LogP contribution in [0.2, 0.25) is 4.34 Å². The molecule has 26 heavy (non-hydrogen) atoms. The molecule has 3 rings (SSSR count). The van der Waals surface area contributed by atoms with E-state index in [1.54, 1.807) is 18.1 Å². The second-order valence-electron chi connectivity index (χ2n) is 5.52. The molecule has 0 amide bonds. The largest absolute Gasteiger partial charge is 0.495 e. The Kier molecular flexibility index (Phi) is 5.50. The number of hydrogen-bond donors (Lipinski definition) is 1. The highest BCUT2D eigenvalue weighted by molar-refractivity contribution is 7.80. The van der Waals surface area contributed by atoms with Gasteiger partial charge in [0.25, 0.3) is 0 Å². The van der Waals surface area contributed by atoms with Gasteiger partial charge in [-0.2, -0.15) is 0 Å². The molecular weight excluding hydrogens is 392 g/mol. The highest BCUT2D eigenvalue weighted by atomic mass is 35.5. The van der Waals surface area contributed by atoms with Crippen LogP contribution in [0.5, 0.6) is 5.75 Å². The Labute approximate surface area is 166 Å². The Bertz CT molecular complexity index is 894. The maximum Gasteiger partial charge on any atom is 0.338 e. The summed E-state index contributed by atoms with van der Waals surface area (Å²) in [5, 5.41) is 3.70. The second kappa shape index (κ2) is 7.65. The van der Waals surface area contributed by atoms with E-state index in [2.05, 4.69) is 5.32 Å². The monoisotopic (exact) mass is 408 g/mol. The zero-order valence-electron chi connectivity index (χ0n) is 14.4. The molecule has 0 aliphatic carbocycles. The van der Waals surface area contributed by atoms with Crippen LogP contribution in [0.15, 0.2) is 47.7 Å². The summed E-state index contributed by atoms with van der Waals surface area (Å²) >= 11 is 13.1. The normalized spacial score (nSPS) is 17.2. The zero-order chi connectivity index (χ0) is 18.8. The number of halogens is 1. The lowest BCUT2D eigenvalue weighted by atomic mass is 10.00. The molecule has 1 aromatic carbocycles. The van der Waals surface area contributed by atoms with Crippen LogP contribution in [0.1, 0.15) is 17.8 Å². The second-order valence-corrected chi connectivity index (χ2v) is 7.66. The van der Waals surface area contributed by atoms with Gasteiger partial charge in [-0.05, 0) is 43.4 Å². The summed E-state index contributed by atoms with van der Waals surface area (Å²) in [7, 11) is 2.96. The minimum absolute atomic E-state index is 0.418. The van der Waals surface area contributed by atoms with E-state index in [4.69, 9.17) is 33.3 Å². The lowest BCUT2D eigenvalue weighted by Crippen LogP contribution is -2.48. The van der Waals surface area contributed by atoms with Crippen molar-refractivity contribution in [2.75, 3.05) is 19.1 Å². The van der Waals surface area contributed by atoms with Crippen LogP contribution >= 0.6 is 35.2 Å². The third-order valence-electron chi connectivity index (χ3n) is 4.09.